The number of hydrogen-bond donors (Lipinski definition) is 2. The summed E-state index contributed by atoms with van der Waals surface area (Å²) >= 11 is 3.18. The number of nitrogen functional groups attached to an aromatic ring is 1. The van der Waals surface area contributed by atoms with Crippen molar-refractivity contribution in [3.05, 3.63) is 34.8 Å². The normalized spacial score (nSPS) is 11.7. The largest absolute Gasteiger partial charge is 0.399 e. The van der Waals surface area contributed by atoms with Crippen molar-refractivity contribution in [2.45, 2.75) is 11.4 Å². The number of rotatable bonds is 4. The number of halogens is 1. The average Bonchev–Trinajstić information content (AvgIpc) is 2.72. The van der Waals surface area contributed by atoms with E-state index in [2.05, 4.69) is 30.7 Å². The Bertz CT molecular complexity index is 698. The van der Waals surface area contributed by atoms with Crippen LogP contribution in [0.2, 0.25) is 0 Å². The number of aryl methyl sites for hydroxylation is 1. The number of anilines is 1. The standard InChI is InChI=1S/C10H12BrN5O2S/c1-16-6-13-10(15-16)5-14-19(17,18)9-3-2-7(12)4-8(9)11/h2-4,6,14H,5,12H2,1H3. The first-order valence-corrected chi connectivity index (χ1v) is 7.55. The van der Waals surface area contributed by atoms with E-state index in [4.69, 9.17) is 5.73 Å². The molecule has 0 saturated heterocycles. The molecule has 1 aromatic heterocycles. The van der Waals surface area contributed by atoms with Crippen molar-refractivity contribution >= 4 is 31.6 Å². The van der Waals surface area contributed by atoms with Crippen LogP contribution in [-0.4, -0.2) is 23.2 Å². The molecule has 0 spiro atoms. The van der Waals surface area contributed by atoms with Gasteiger partial charge < -0.3 is 5.73 Å². The molecule has 0 saturated carbocycles. The second kappa shape index (κ2) is 5.27. The van der Waals surface area contributed by atoms with Crippen LogP contribution in [-0.2, 0) is 23.6 Å². The number of benzene rings is 1. The molecule has 0 unspecified atom stereocenters. The summed E-state index contributed by atoms with van der Waals surface area (Å²) in [7, 11) is -1.93. The van der Waals surface area contributed by atoms with Gasteiger partial charge in [-0.05, 0) is 34.1 Å². The topological polar surface area (TPSA) is 103 Å². The summed E-state index contributed by atoms with van der Waals surface area (Å²) in [5.41, 5.74) is 6.05. The first kappa shape index (κ1) is 14.0. The quantitative estimate of drug-likeness (QED) is 0.791. The van der Waals surface area contributed by atoms with E-state index >= 15 is 0 Å². The summed E-state index contributed by atoms with van der Waals surface area (Å²) in [5, 5.41) is 3.99. The molecule has 2 aromatic rings. The highest BCUT2D eigenvalue weighted by Gasteiger charge is 2.18. The minimum absolute atomic E-state index is 0.0278. The fourth-order valence-corrected chi connectivity index (χ4v) is 3.51. The number of aromatic nitrogens is 3. The van der Waals surface area contributed by atoms with Crippen LogP contribution < -0.4 is 10.5 Å². The first-order chi connectivity index (χ1) is 8.88. The van der Waals surface area contributed by atoms with E-state index in [0.29, 0.717) is 16.0 Å². The molecule has 0 aliphatic rings. The van der Waals surface area contributed by atoms with Crippen LogP contribution in [0.4, 0.5) is 5.69 Å². The summed E-state index contributed by atoms with van der Waals surface area (Å²) in [6.07, 6.45) is 1.50. The maximum absolute atomic E-state index is 12.1. The van der Waals surface area contributed by atoms with Crippen molar-refractivity contribution in [2.75, 3.05) is 5.73 Å². The Balaban J connectivity index is 2.18. The van der Waals surface area contributed by atoms with Gasteiger partial charge in [-0.15, -0.1) is 0 Å². The third-order valence-electron chi connectivity index (χ3n) is 2.31. The van der Waals surface area contributed by atoms with Gasteiger partial charge in [0, 0.05) is 17.2 Å². The summed E-state index contributed by atoms with van der Waals surface area (Å²) in [6.45, 7) is 0.0278. The summed E-state index contributed by atoms with van der Waals surface area (Å²) in [4.78, 5) is 4.07. The maximum Gasteiger partial charge on any atom is 0.242 e. The van der Waals surface area contributed by atoms with Gasteiger partial charge in [0.15, 0.2) is 5.82 Å². The third kappa shape index (κ3) is 3.31. The van der Waals surface area contributed by atoms with E-state index in [9.17, 15) is 8.42 Å². The van der Waals surface area contributed by atoms with Crippen molar-refractivity contribution in [2.24, 2.45) is 7.05 Å². The SMILES string of the molecule is Cn1cnc(CNS(=O)(=O)c2ccc(N)cc2Br)n1. The molecule has 0 fully saturated rings. The molecule has 0 amide bonds. The van der Waals surface area contributed by atoms with Crippen LogP contribution in [0.15, 0.2) is 33.9 Å². The van der Waals surface area contributed by atoms with Crippen LogP contribution >= 0.6 is 15.9 Å². The van der Waals surface area contributed by atoms with Crippen molar-refractivity contribution in [1.82, 2.24) is 19.5 Å². The Labute approximate surface area is 119 Å². The molecule has 9 heteroatoms. The van der Waals surface area contributed by atoms with Crippen LogP contribution in [0, 0.1) is 0 Å². The lowest BCUT2D eigenvalue weighted by Gasteiger charge is -2.07. The zero-order valence-corrected chi connectivity index (χ0v) is 12.4. The molecule has 0 bridgehead atoms. The molecular formula is C10H12BrN5O2S. The molecule has 0 atom stereocenters. The summed E-state index contributed by atoms with van der Waals surface area (Å²) in [6, 6.07) is 4.50. The van der Waals surface area contributed by atoms with Gasteiger partial charge in [-0.1, -0.05) is 0 Å². The van der Waals surface area contributed by atoms with Crippen molar-refractivity contribution in [3.63, 3.8) is 0 Å². The number of nitrogens with zero attached hydrogens (tertiary/aromatic N) is 3. The number of nitrogens with one attached hydrogen (secondary N) is 1. The Morgan fingerprint density at radius 2 is 2.21 bits per heavy atom. The lowest BCUT2D eigenvalue weighted by molar-refractivity contribution is 0.578. The van der Waals surface area contributed by atoms with Crippen LogP contribution in [0.25, 0.3) is 0 Å². The molecular weight excluding hydrogens is 334 g/mol. The van der Waals surface area contributed by atoms with E-state index in [1.807, 2.05) is 0 Å². The fraction of sp³-hybridized carbons (Fsp3) is 0.200. The van der Waals surface area contributed by atoms with Crippen LogP contribution in [0.3, 0.4) is 0 Å². The van der Waals surface area contributed by atoms with E-state index in [1.54, 1.807) is 7.05 Å². The molecule has 0 aliphatic heterocycles. The summed E-state index contributed by atoms with van der Waals surface area (Å²) in [5.74, 6) is 0.401. The Morgan fingerprint density at radius 3 is 2.79 bits per heavy atom. The Hall–Kier alpha value is -1.45. The highest BCUT2D eigenvalue weighted by molar-refractivity contribution is 9.10. The van der Waals surface area contributed by atoms with Crippen LogP contribution in [0.1, 0.15) is 5.82 Å². The highest BCUT2D eigenvalue weighted by Crippen LogP contribution is 2.24. The summed E-state index contributed by atoms with van der Waals surface area (Å²) < 4.78 is 28.5. The number of nitrogens with two attached hydrogens (primary N) is 1. The van der Waals surface area contributed by atoms with E-state index in [0.717, 1.165) is 0 Å². The van der Waals surface area contributed by atoms with Crippen molar-refractivity contribution in [1.29, 1.82) is 0 Å². The van der Waals surface area contributed by atoms with E-state index in [-0.39, 0.29) is 11.4 Å². The predicted octanol–water partition coefficient (Wildman–Crippen LogP) is 0.638. The fourth-order valence-electron chi connectivity index (χ4n) is 1.44. The lowest BCUT2D eigenvalue weighted by Crippen LogP contribution is -2.24. The monoisotopic (exact) mass is 345 g/mol. The highest BCUT2D eigenvalue weighted by atomic mass is 79.9. The molecule has 3 N–H and O–H groups in total. The van der Waals surface area contributed by atoms with E-state index in [1.165, 1.54) is 29.2 Å². The molecule has 1 aromatic carbocycles. The zero-order chi connectivity index (χ0) is 14.0. The van der Waals surface area contributed by atoms with Gasteiger partial charge in [-0.25, -0.2) is 18.1 Å². The lowest BCUT2D eigenvalue weighted by atomic mass is 10.3. The predicted molar refractivity (Wildman–Crippen MR) is 73.6 cm³/mol. The van der Waals surface area contributed by atoms with Gasteiger partial charge in [-0.3, -0.25) is 4.68 Å². The maximum atomic E-state index is 12.1. The third-order valence-corrected chi connectivity index (χ3v) is 4.69. The van der Waals surface area contributed by atoms with Gasteiger partial charge in [0.2, 0.25) is 10.0 Å². The number of hydrogen-bond acceptors (Lipinski definition) is 5. The smallest absolute Gasteiger partial charge is 0.242 e. The van der Waals surface area contributed by atoms with Gasteiger partial charge in [0.1, 0.15) is 6.33 Å². The molecule has 19 heavy (non-hydrogen) atoms. The average molecular weight is 346 g/mol. The molecule has 7 nitrogen and oxygen atoms in total. The minimum Gasteiger partial charge on any atom is -0.399 e. The second-order valence-electron chi connectivity index (χ2n) is 3.85. The Morgan fingerprint density at radius 1 is 1.47 bits per heavy atom. The van der Waals surface area contributed by atoms with Gasteiger partial charge in [-0.2, -0.15) is 5.10 Å². The van der Waals surface area contributed by atoms with Crippen LogP contribution in [0.5, 0.6) is 0 Å². The van der Waals surface area contributed by atoms with Gasteiger partial charge in [0.05, 0.1) is 11.4 Å². The van der Waals surface area contributed by atoms with Crippen molar-refractivity contribution in [3.8, 4) is 0 Å². The van der Waals surface area contributed by atoms with E-state index < -0.39 is 10.0 Å². The zero-order valence-electron chi connectivity index (χ0n) is 10.0. The van der Waals surface area contributed by atoms with Gasteiger partial charge in [0.25, 0.3) is 0 Å². The molecule has 0 aliphatic carbocycles. The molecule has 1 heterocycles. The number of sulfonamides is 1. The molecule has 0 radical (unpaired) electrons. The Kier molecular flexibility index (Phi) is 3.88. The second-order valence-corrected chi connectivity index (χ2v) is 6.44. The molecule has 102 valence electrons. The first-order valence-electron chi connectivity index (χ1n) is 5.28. The molecule has 2 rings (SSSR count). The minimum atomic E-state index is -3.64. The van der Waals surface area contributed by atoms with Gasteiger partial charge >= 0.3 is 0 Å². The van der Waals surface area contributed by atoms with Crippen molar-refractivity contribution < 1.29 is 8.42 Å².